The minimum Gasteiger partial charge on any atom is -0.399 e. The third-order valence-electron chi connectivity index (χ3n) is 3.67. The van der Waals surface area contributed by atoms with Crippen LogP contribution in [0.4, 0.5) is 5.69 Å². The zero-order valence-electron chi connectivity index (χ0n) is 15.0. The normalized spacial score (nSPS) is 15.2. The molecular formula is C17H21N3O7. The van der Waals surface area contributed by atoms with Gasteiger partial charge in [-0.25, -0.2) is 9.59 Å². The SMILES string of the molecule is CCCN(OC(=O)c1cc(N)cc(C(=O)ON2C(=O)CCC2=O)c1)C(C)O. The summed E-state index contributed by atoms with van der Waals surface area (Å²) in [6.45, 7) is 3.59. The number of imide groups is 1. The van der Waals surface area contributed by atoms with Crippen molar-refractivity contribution < 1.29 is 34.0 Å². The monoisotopic (exact) mass is 379 g/mol. The standard InChI is InChI=1S/C17H21N3O7/c1-3-6-19(10(2)21)26-16(24)11-7-12(9-13(18)8-11)17(25)27-20-14(22)4-5-15(20)23/h7-10,21H,3-6,18H2,1-2H3. The van der Waals surface area contributed by atoms with Crippen LogP contribution in [-0.2, 0) is 19.3 Å². The highest BCUT2D eigenvalue weighted by atomic mass is 16.7. The van der Waals surface area contributed by atoms with Gasteiger partial charge in [-0.05, 0) is 31.5 Å². The summed E-state index contributed by atoms with van der Waals surface area (Å²) in [5.74, 6) is -3.09. The van der Waals surface area contributed by atoms with Crippen molar-refractivity contribution in [2.24, 2.45) is 0 Å². The smallest absolute Gasteiger partial charge is 0.364 e. The lowest BCUT2D eigenvalue weighted by Gasteiger charge is -2.23. The number of carbonyl (C=O) groups excluding carboxylic acids is 4. The highest BCUT2D eigenvalue weighted by Gasteiger charge is 2.33. The number of nitrogens with two attached hydrogens (primary N) is 1. The van der Waals surface area contributed by atoms with Crippen molar-refractivity contribution in [2.75, 3.05) is 12.3 Å². The van der Waals surface area contributed by atoms with E-state index in [2.05, 4.69) is 0 Å². The lowest BCUT2D eigenvalue weighted by atomic mass is 10.1. The average Bonchev–Trinajstić information content (AvgIpc) is 2.92. The summed E-state index contributed by atoms with van der Waals surface area (Å²) in [5.41, 5.74) is 5.62. The van der Waals surface area contributed by atoms with E-state index in [1.807, 2.05) is 6.92 Å². The average molecular weight is 379 g/mol. The molecule has 0 saturated carbocycles. The third-order valence-corrected chi connectivity index (χ3v) is 3.67. The second kappa shape index (κ2) is 8.60. The molecule has 1 atom stereocenters. The summed E-state index contributed by atoms with van der Waals surface area (Å²) in [6, 6.07) is 3.69. The zero-order valence-corrected chi connectivity index (χ0v) is 15.0. The van der Waals surface area contributed by atoms with Gasteiger partial charge in [0.25, 0.3) is 11.8 Å². The lowest BCUT2D eigenvalue weighted by Crippen LogP contribution is -2.36. The molecule has 1 aromatic rings. The van der Waals surface area contributed by atoms with Crippen LogP contribution in [0.2, 0.25) is 0 Å². The molecule has 10 heteroatoms. The molecule has 27 heavy (non-hydrogen) atoms. The summed E-state index contributed by atoms with van der Waals surface area (Å²) in [7, 11) is 0. The Bertz CT molecular complexity index is 747. The van der Waals surface area contributed by atoms with Gasteiger partial charge >= 0.3 is 11.9 Å². The highest BCUT2D eigenvalue weighted by Crippen LogP contribution is 2.18. The molecule has 0 spiro atoms. The number of hydroxylamine groups is 4. The Kier molecular flexibility index (Phi) is 6.48. The van der Waals surface area contributed by atoms with Gasteiger partial charge in [0.2, 0.25) is 0 Å². The minimum atomic E-state index is -1.02. The van der Waals surface area contributed by atoms with Gasteiger partial charge in [-0.1, -0.05) is 6.92 Å². The molecule has 1 unspecified atom stereocenters. The van der Waals surface area contributed by atoms with Crippen molar-refractivity contribution in [3.63, 3.8) is 0 Å². The quantitative estimate of drug-likeness (QED) is 0.302. The maximum Gasteiger partial charge on any atom is 0.364 e. The minimum absolute atomic E-state index is 0.0345. The first-order valence-electron chi connectivity index (χ1n) is 8.38. The molecule has 0 aromatic heterocycles. The molecule has 1 heterocycles. The molecule has 2 rings (SSSR count). The van der Waals surface area contributed by atoms with Crippen molar-refractivity contribution >= 4 is 29.4 Å². The van der Waals surface area contributed by atoms with Crippen LogP contribution in [0, 0.1) is 0 Å². The van der Waals surface area contributed by atoms with Crippen molar-refractivity contribution in [1.29, 1.82) is 0 Å². The van der Waals surface area contributed by atoms with E-state index < -0.39 is 30.0 Å². The summed E-state index contributed by atoms with van der Waals surface area (Å²) in [6.07, 6.45) is -0.461. The molecule has 2 amide bonds. The van der Waals surface area contributed by atoms with Gasteiger partial charge in [-0.2, -0.15) is 0 Å². The molecule has 0 aliphatic carbocycles. The molecule has 0 radical (unpaired) electrons. The number of hydrogen-bond acceptors (Lipinski definition) is 9. The lowest BCUT2D eigenvalue weighted by molar-refractivity contribution is -0.191. The van der Waals surface area contributed by atoms with Crippen molar-refractivity contribution in [3.05, 3.63) is 29.3 Å². The van der Waals surface area contributed by atoms with Gasteiger partial charge in [-0.3, -0.25) is 9.59 Å². The van der Waals surface area contributed by atoms with Crippen molar-refractivity contribution in [2.45, 2.75) is 39.3 Å². The van der Waals surface area contributed by atoms with E-state index in [1.165, 1.54) is 19.1 Å². The number of nitrogens with zero attached hydrogens (tertiary/aromatic N) is 2. The molecule has 146 valence electrons. The fraction of sp³-hybridized carbons (Fsp3) is 0.412. The van der Waals surface area contributed by atoms with Gasteiger partial charge in [-0.15, -0.1) is 10.1 Å². The van der Waals surface area contributed by atoms with Crippen LogP contribution in [0.1, 0.15) is 53.8 Å². The van der Waals surface area contributed by atoms with Crippen LogP contribution in [-0.4, -0.2) is 51.8 Å². The number of benzene rings is 1. The first-order valence-corrected chi connectivity index (χ1v) is 8.38. The van der Waals surface area contributed by atoms with Gasteiger partial charge in [0.05, 0.1) is 11.1 Å². The van der Waals surface area contributed by atoms with Crippen molar-refractivity contribution in [1.82, 2.24) is 10.1 Å². The second-order valence-corrected chi connectivity index (χ2v) is 5.96. The van der Waals surface area contributed by atoms with Crippen LogP contribution >= 0.6 is 0 Å². The van der Waals surface area contributed by atoms with Crippen LogP contribution in [0.5, 0.6) is 0 Å². The predicted molar refractivity (Wildman–Crippen MR) is 91.5 cm³/mol. The molecule has 1 aliphatic heterocycles. The Morgan fingerprint density at radius 1 is 1.19 bits per heavy atom. The van der Waals surface area contributed by atoms with Gasteiger partial charge in [0, 0.05) is 25.1 Å². The summed E-state index contributed by atoms with van der Waals surface area (Å²) in [4.78, 5) is 57.5. The molecule has 1 aromatic carbocycles. The summed E-state index contributed by atoms with van der Waals surface area (Å²) in [5, 5.41) is 11.1. The molecule has 1 aliphatic rings. The number of amides is 2. The van der Waals surface area contributed by atoms with Crippen LogP contribution in [0.3, 0.4) is 0 Å². The zero-order chi connectivity index (χ0) is 20.1. The topological polar surface area (TPSA) is 139 Å². The summed E-state index contributed by atoms with van der Waals surface area (Å²) < 4.78 is 0. The Balaban J connectivity index is 2.17. The number of hydrogen-bond donors (Lipinski definition) is 2. The predicted octanol–water partition coefficient (Wildman–Crippen LogP) is 0.612. The van der Waals surface area contributed by atoms with E-state index in [0.717, 1.165) is 11.1 Å². The van der Waals surface area contributed by atoms with E-state index in [4.69, 9.17) is 15.4 Å². The van der Waals surface area contributed by atoms with E-state index in [9.17, 15) is 24.3 Å². The molecule has 10 nitrogen and oxygen atoms in total. The maximum absolute atomic E-state index is 12.3. The van der Waals surface area contributed by atoms with Gasteiger partial charge in [0.1, 0.15) is 6.23 Å². The van der Waals surface area contributed by atoms with Crippen molar-refractivity contribution in [3.8, 4) is 0 Å². The first-order chi connectivity index (χ1) is 12.7. The van der Waals surface area contributed by atoms with E-state index in [1.54, 1.807) is 0 Å². The first kappa shape index (κ1) is 20.3. The van der Waals surface area contributed by atoms with Crippen LogP contribution in [0.15, 0.2) is 18.2 Å². The maximum atomic E-state index is 12.3. The summed E-state index contributed by atoms with van der Waals surface area (Å²) >= 11 is 0. The fourth-order valence-electron chi connectivity index (χ4n) is 2.37. The Labute approximate surface area is 155 Å². The number of nitrogen functional groups attached to an aromatic ring is 1. The Morgan fingerprint density at radius 2 is 1.74 bits per heavy atom. The molecular weight excluding hydrogens is 358 g/mol. The van der Waals surface area contributed by atoms with Crippen LogP contribution in [0.25, 0.3) is 0 Å². The molecule has 1 saturated heterocycles. The second-order valence-electron chi connectivity index (χ2n) is 5.96. The fourth-order valence-corrected chi connectivity index (χ4v) is 2.37. The molecule has 1 fully saturated rings. The van der Waals surface area contributed by atoms with E-state index in [0.29, 0.717) is 18.0 Å². The third kappa shape index (κ3) is 5.02. The van der Waals surface area contributed by atoms with E-state index >= 15 is 0 Å². The Hall–Kier alpha value is -2.98. The Morgan fingerprint density at radius 3 is 2.26 bits per heavy atom. The van der Waals surface area contributed by atoms with E-state index in [-0.39, 0.29) is 29.7 Å². The van der Waals surface area contributed by atoms with Crippen LogP contribution < -0.4 is 5.73 Å². The highest BCUT2D eigenvalue weighted by molar-refractivity contribution is 6.03. The molecule has 3 N–H and O–H groups in total. The number of aliphatic hydroxyl groups is 1. The number of rotatable bonds is 7. The number of carbonyl (C=O) groups is 4. The van der Waals surface area contributed by atoms with Gasteiger partial charge in [0.15, 0.2) is 0 Å². The number of aliphatic hydroxyl groups excluding tert-OH is 1. The molecule has 0 bridgehead atoms. The largest absolute Gasteiger partial charge is 0.399 e. The van der Waals surface area contributed by atoms with Gasteiger partial charge < -0.3 is 20.5 Å². The number of anilines is 1.